The van der Waals surface area contributed by atoms with Gasteiger partial charge in [-0.2, -0.15) is 0 Å². The van der Waals surface area contributed by atoms with Gasteiger partial charge in [-0.1, -0.05) is 5.16 Å². The van der Waals surface area contributed by atoms with E-state index in [0.29, 0.717) is 42.7 Å². The van der Waals surface area contributed by atoms with Crippen LogP contribution in [0.2, 0.25) is 0 Å². The number of pyridine rings is 1. The number of methoxy groups -OCH3 is 1. The molecule has 3 heterocycles. The van der Waals surface area contributed by atoms with Gasteiger partial charge < -0.3 is 14.2 Å². The number of fused-ring (bicyclic) bond motifs is 1. The van der Waals surface area contributed by atoms with E-state index in [0.717, 1.165) is 0 Å². The Morgan fingerprint density at radius 1 is 1.46 bits per heavy atom. The monoisotopic (exact) mass is 339 g/mol. The second-order valence-corrected chi connectivity index (χ2v) is 5.97. The third kappa shape index (κ3) is 3.10. The van der Waals surface area contributed by atoms with E-state index >= 15 is 0 Å². The SMILES string of the molecule is COCC(=O)N1CCC(c2cc(C(F)F)c3c(C)noc3n2)CC1. The summed E-state index contributed by atoms with van der Waals surface area (Å²) in [4.78, 5) is 17.9. The molecular weight excluding hydrogens is 320 g/mol. The predicted molar refractivity (Wildman–Crippen MR) is 81.9 cm³/mol. The minimum Gasteiger partial charge on any atom is -0.375 e. The van der Waals surface area contributed by atoms with E-state index in [9.17, 15) is 13.6 Å². The van der Waals surface area contributed by atoms with Gasteiger partial charge in [0.2, 0.25) is 5.91 Å². The second kappa shape index (κ2) is 6.80. The van der Waals surface area contributed by atoms with Crippen LogP contribution >= 0.6 is 0 Å². The minimum atomic E-state index is -2.62. The van der Waals surface area contributed by atoms with Crippen LogP contribution in [0.15, 0.2) is 10.6 Å². The van der Waals surface area contributed by atoms with Gasteiger partial charge in [-0.3, -0.25) is 4.79 Å². The van der Waals surface area contributed by atoms with E-state index in [4.69, 9.17) is 9.26 Å². The quantitative estimate of drug-likeness (QED) is 0.857. The zero-order valence-electron chi connectivity index (χ0n) is 13.6. The van der Waals surface area contributed by atoms with Gasteiger partial charge in [0.25, 0.3) is 12.1 Å². The number of hydrogen-bond acceptors (Lipinski definition) is 5. The van der Waals surface area contributed by atoms with Crippen molar-refractivity contribution in [1.82, 2.24) is 15.0 Å². The van der Waals surface area contributed by atoms with Gasteiger partial charge in [0.15, 0.2) is 0 Å². The number of likely N-dealkylation sites (tertiary alicyclic amines) is 1. The number of ether oxygens (including phenoxy) is 1. The zero-order chi connectivity index (χ0) is 17.3. The molecule has 1 fully saturated rings. The molecule has 0 saturated carbocycles. The molecule has 1 aliphatic rings. The first-order chi connectivity index (χ1) is 11.5. The van der Waals surface area contributed by atoms with Crippen molar-refractivity contribution < 1.29 is 22.8 Å². The molecule has 2 aromatic heterocycles. The number of alkyl halides is 2. The van der Waals surface area contributed by atoms with Crippen LogP contribution in [0.25, 0.3) is 11.1 Å². The first-order valence-corrected chi connectivity index (χ1v) is 7.83. The third-order valence-electron chi connectivity index (χ3n) is 4.44. The molecule has 0 unspecified atom stereocenters. The van der Waals surface area contributed by atoms with Crippen LogP contribution in [-0.2, 0) is 9.53 Å². The molecule has 0 aromatic carbocycles. The number of nitrogens with zero attached hydrogens (tertiary/aromatic N) is 3. The molecule has 0 radical (unpaired) electrons. The lowest BCUT2D eigenvalue weighted by Gasteiger charge is -2.31. The van der Waals surface area contributed by atoms with E-state index in [1.54, 1.807) is 11.8 Å². The third-order valence-corrected chi connectivity index (χ3v) is 4.44. The Bertz CT molecular complexity index is 739. The molecule has 8 heteroatoms. The van der Waals surface area contributed by atoms with Gasteiger partial charge in [-0.05, 0) is 25.8 Å². The number of aromatic nitrogens is 2. The highest BCUT2D eigenvalue weighted by Crippen LogP contribution is 2.34. The molecule has 0 bridgehead atoms. The fourth-order valence-corrected chi connectivity index (χ4v) is 3.17. The lowest BCUT2D eigenvalue weighted by molar-refractivity contribution is -0.136. The summed E-state index contributed by atoms with van der Waals surface area (Å²) >= 11 is 0. The van der Waals surface area contributed by atoms with Gasteiger partial charge in [0, 0.05) is 37.4 Å². The number of aryl methyl sites for hydroxylation is 1. The normalized spacial score (nSPS) is 16.3. The van der Waals surface area contributed by atoms with Gasteiger partial charge in [0.1, 0.15) is 6.61 Å². The fourth-order valence-electron chi connectivity index (χ4n) is 3.17. The number of carbonyl (C=O) groups is 1. The molecule has 1 saturated heterocycles. The zero-order valence-corrected chi connectivity index (χ0v) is 13.6. The van der Waals surface area contributed by atoms with E-state index in [1.165, 1.54) is 13.2 Å². The first-order valence-electron chi connectivity index (χ1n) is 7.83. The van der Waals surface area contributed by atoms with Crippen LogP contribution in [0.5, 0.6) is 0 Å². The molecule has 3 rings (SSSR count). The van der Waals surface area contributed by atoms with Crippen molar-refractivity contribution in [1.29, 1.82) is 0 Å². The smallest absolute Gasteiger partial charge is 0.264 e. The predicted octanol–water partition coefficient (Wildman–Crippen LogP) is 2.82. The largest absolute Gasteiger partial charge is 0.375 e. The summed E-state index contributed by atoms with van der Waals surface area (Å²) in [6.45, 7) is 2.80. The van der Waals surface area contributed by atoms with Gasteiger partial charge in [0.05, 0.1) is 11.1 Å². The van der Waals surface area contributed by atoms with Crippen molar-refractivity contribution in [2.24, 2.45) is 0 Å². The summed E-state index contributed by atoms with van der Waals surface area (Å²) in [5.74, 6) is -0.0395. The number of piperidine rings is 1. The lowest BCUT2D eigenvalue weighted by Crippen LogP contribution is -2.39. The average Bonchev–Trinajstić information content (AvgIpc) is 2.95. The number of amides is 1. The van der Waals surface area contributed by atoms with E-state index in [2.05, 4.69) is 10.1 Å². The maximum absolute atomic E-state index is 13.4. The van der Waals surface area contributed by atoms with E-state index in [1.807, 2.05) is 0 Å². The van der Waals surface area contributed by atoms with Crippen LogP contribution in [0.1, 0.15) is 42.1 Å². The number of halogens is 2. The van der Waals surface area contributed by atoms with Crippen LogP contribution < -0.4 is 0 Å². The molecular formula is C16H19F2N3O3. The van der Waals surface area contributed by atoms with Crippen LogP contribution in [0, 0.1) is 6.92 Å². The molecule has 130 valence electrons. The number of hydrogen-bond donors (Lipinski definition) is 0. The number of carbonyl (C=O) groups excluding carboxylic acids is 1. The van der Waals surface area contributed by atoms with Crippen molar-refractivity contribution in [2.75, 3.05) is 26.8 Å². The highest BCUT2D eigenvalue weighted by Gasteiger charge is 2.27. The number of rotatable bonds is 4. The van der Waals surface area contributed by atoms with E-state index < -0.39 is 6.43 Å². The fraction of sp³-hybridized carbons (Fsp3) is 0.562. The lowest BCUT2D eigenvalue weighted by atomic mass is 9.91. The Balaban J connectivity index is 1.82. The topological polar surface area (TPSA) is 68.5 Å². The highest BCUT2D eigenvalue weighted by molar-refractivity contribution is 5.80. The van der Waals surface area contributed by atoms with Crippen LogP contribution in [0.4, 0.5) is 8.78 Å². The first kappa shape index (κ1) is 16.8. The van der Waals surface area contributed by atoms with Crippen molar-refractivity contribution in [3.05, 3.63) is 23.0 Å². The Hall–Kier alpha value is -2.09. The van der Waals surface area contributed by atoms with Gasteiger partial charge >= 0.3 is 0 Å². The van der Waals surface area contributed by atoms with Crippen molar-refractivity contribution >= 4 is 17.0 Å². The summed E-state index contributed by atoms with van der Waals surface area (Å²) in [5, 5.41) is 4.04. The van der Waals surface area contributed by atoms with Crippen molar-refractivity contribution in [3.8, 4) is 0 Å². The Morgan fingerprint density at radius 2 is 2.17 bits per heavy atom. The summed E-state index contributed by atoms with van der Waals surface area (Å²) in [6.07, 6.45) is -1.27. The highest BCUT2D eigenvalue weighted by atomic mass is 19.3. The summed E-state index contributed by atoms with van der Waals surface area (Å²) in [6, 6.07) is 1.45. The summed E-state index contributed by atoms with van der Waals surface area (Å²) < 4.78 is 36.7. The van der Waals surface area contributed by atoms with E-state index in [-0.39, 0.29) is 29.7 Å². The molecule has 0 atom stereocenters. The molecule has 6 nitrogen and oxygen atoms in total. The Kier molecular flexibility index (Phi) is 4.75. The summed E-state index contributed by atoms with van der Waals surface area (Å²) in [7, 11) is 1.48. The molecule has 1 amide bonds. The maximum Gasteiger partial charge on any atom is 0.264 e. The van der Waals surface area contributed by atoms with Gasteiger partial charge in [-0.25, -0.2) is 13.8 Å². The van der Waals surface area contributed by atoms with Crippen molar-refractivity contribution in [3.63, 3.8) is 0 Å². The molecule has 0 spiro atoms. The minimum absolute atomic E-state index is 0.0175. The average molecular weight is 339 g/mol. The van der Waals surface area contributed by atoms with Crippen LogP contribution in [-0.4, -0.2) is 47.8 Å². The standard InChI is InChI=1S/C16H19F2N3O3/c1-9-14-11(15(17)18)7-12(19-16(14)24-20-9)10-3-5-21(6-4-10)13(22)8-23-2/h7,10,15H,3-6,8H2,1-2H3. The molecule has 0 N–H and O–H groups in total. The Morgan fingerprint density at radius 3 is 2.79 bits per heavy atom. The Labute approximate surface area is 137 Å². The molecule has 24 heavy (non-hydrogen) atoms. The van der Waals surface area contributed by atoms with Crippen LogP contribution in [0.3, 0.4) is 0 Å². The van der Waals surface area contributed by atoms with Gasteiger partial charge in [-0.15, -0.1) is 0 Å². The summed E-state index contributed by atoms with van der Waals surface area (Å²) in [5.41, 5.74) is 1.05. The molecule has 0 aliphatic carbocycles. The molecule has 1 aliphatic heterocycles. The second-order valence-electron chi connectivity index (χ2n) is 5.97. The van der Waals surface area contributed by atoms with Crippen molar-refractivity contribution in [2.45, 2.75) is 32.1 Å². The maximum atomic E-state index is 13.4. The molecule has 2 aromatic rings.